The van der Waals surface area contributed by atoms with Gasteiger partial charge in [-0.05, 0) is 17.7 Å². The van der Waals surface area contributed by atoms with Gasteiger partial charge in [0.25, 0.3) is 0 Å². The summed E-state index contributed by atoms with van der Waals surface area (Å²) in [5, 5.41) is 0. The zero-order chi connectivity index (χ0) is 15.8. The number of benzene rings is 2. The lowest BCUT2D eigenvalue weighted by atomic mass is 10.2. The molecule has 2 aromatic rings. The molecule has 0 N–H and O–H groups in total. The smallest absolute Gasteiger partial charge is 0.315 e. The van der Waals surface area contributed by atoms with Gasteiger partial charge in [0.05, 0.1) is 18.4 Å². The van der Waals surface area contributed by atoms with Crippen LogP contribution in [0.3, 0.4) is 0 Å². The molecular formula is C17H16O4S. The molecule has 0 fully saturated rings. The van der Waals surface area contributed by atoms with E-state index in [1.54, 1.807) is 18.2 Å². The van der Waals surface area contributed by atoms with Crippen LogP contribution in [0.1, 0.15) is 15.9 Å². The van der Waals surface area contributed by atoms with Crippen LogP contribution < -0.4 is 4.74 Å². The summed E-state index contributed by atoms with van der Waals surface area (Å²) in [5.41, 5.74) is 1.47. The molecule has 0 aromatic heterocycles. The fourth-order valence-electron chi connectivity index (χ4n) is 1.82. The van der Waals surface area contributed by atoms with Crippen molar-refractivity contribution in [3.8, 4) is 5.75 Å². The average Bonchev–Trinajstić information content (AvgIpc) is 2.58. The monoisotopic (exact) mass is 316 g/mol. The molecule has 0 unspecified atom stereocenters. The fourth-order valence-corrected chi connectivity index (χ4v) is 2.69. The minimum absolute atomic E-state index is 0.152. The van der Waals surface area contributed by atoms with E-state index < -0.39 is 0 Å². The molecular weight excluding hydrogens is 300 g/mol. The van der Waals surface area contributed by atoms with Gasteiger partial charge in [0.2, 0.25) is 0 Å². The van der Waals surface area contributed by atoms with Crippen molar-refractivity contribution in [2.45, 2.75) is 11.5 Å². The lowest BCUT2D eigenvalue weighted by Gasteiger charge is -2.11. The summed E-state index contributed by atoms with van der Waals surface area (Å²) in [4.78, 5) is 23.3. The topological polar surface area (TPSA) is 52.6 Å². The zero-order valence-electron chi connectivity index (χ0n) is 12.2. The van der Waals surface area contributed by atoms with Crippen molar-refractivity contribution in [1.82, 2.24) is 0 Å². The van der Waals surface area contributed by atoms with Crippen LogP contribution in [0.4, 0.5) is 0 Å². The summed E-state index contributed by atoms with van der Waals surface area (Å²) in [6.45, 7) is 0.382. The molecule has 4 nitrogen and oxygen atoms in total. The Labute approximate surface area is 133 Å². The number of esters is 1. The van der Waals surface area contributed by atoms with Crippen LogP contribution in [0.15, 0.2) is 53.4 Å². The van der Waals surface area contributed by atoms with E-state index in [-0.39, 0.29) is 11.7 Å². The molecule has 0 aliphatic rings. The van der Waals surface area contributed by atoms with Crippen LogP contribution in [0.25, 0.3) is 0 Å². The Bertz CT molecular complexity index is 640. The van der Waals surface area contributed by atoms with E-state index in [4.69, 9.17) is 4.74 Å². The van der Waals surface area contributed by atoms with E-state index in [1.165, 1.54) is 18.9 Å². The van der Waals surface area contributed by atoms with Crippen LogP contribution in [-0.4, -0.2) is 25.1 Å². The van der Waals surface area contributed by atoms with Gasteiger partial charge in [-0.3, -0.25) is 9.59 Å². The molecule has 2 aromatic carbocycles. The number of methoxy groups -OCH3 is 1. The van der Waals surface area contributed by atoms with Crippen molar-refractivity contribution >= 4 is 24.0 Å². The predicted molar refractivity (Wildman–Crippen MR) is 85.3 cm³/mol. The second kappa shape index (κ2) is 8.24. The molecule has 0 aliphatic carbocycles. The van der Waals surface area contributed by atoms with E-state index in [0.717, 1.165) is 11.8 Å². The Balaban J connectivity index is 2.10. The van der Waals surface area contributed by atoms with Crippen LogP contribution in [0.2, 0.25) is 0 Å². The molecule has 0 saturated carbocycles. The molecule has 0 spiro atoms. The highest BCUT2D eigenvalue weighted by Crippen LogP contribution is 2.29. The molecule has 22 heavy (non-hydrogen) atoms. The third-order valence-electron chi connectivity index (χ3n) is 2.95. The highest BCUT2D eigenvalue weighted by Gasteiger charge is 2.11. The Morgan fingerprint density at radius 1 is 1.14 bits per heavy atom. The maximum absolute atomic E-state index is 11.4. The molecule has 5 heteroatoms. The maximum atomic E-state index is 11.4. The summed E-state index contributed by atoms with van der Waals surface area (Å²) in [6, 6.07) is 15.0. The Hall–Kier alpha value is -2.27. The molecule has 0 amide bonds. The number of ether oxygens (including phenoxy) is 2. The highest BCUT2D eigenvalue weighted by molar-refractivity contribution is 8.00. The molecule has 0 bridgehead atoms. The van der Waals surface area contributed by atoms with Crippen molar-refractivity contribution < 1.29 is 19.1 Å². The first-order valence-electron chi connectivity index (χ1n) is 6.69. The molecule has 0 heterocycles. The van der Waals surface area contributed by atoms with Crippen molar-refractivity contribution in [2.24, 2.45) is 0 Å². The van der Waals surface area contributed by atoms with Crippen LogP contribution >= 0.6 is 11.8 Å². The molecule has 0 radical (unpaired) electrons. The van der Waals surface area contributed by atoms with E-state index in [1.807, 2.05) is 30.3 Å². The minimum atomic E-state index is -0.336. The molecule has 0 atom stereocenters. The summed E-state index contributed by atoms with van der Waals surface area (Å²) in [7, 11) is 1.34. The number of rotatable bonds is 7. The number of hydrogen-bond acceptors (Lipinski definition) is 5. The number of thioether (sulfide) groups is 1. The maximum Gasteiger partial charge on any atom is 0.315 e. The molecule has 0 saturated heterocycles. The van der Waals surface area contributed by atoms with Crippen LogP contribution in [-0.2, 0) is 16.1 Å². The zero-order valence-corrected chi connectivity index (χ0v) is 13.0. The normalized spacial score (nSPS) is 10.0. The number of carbonyl (C=O) groups is 2. The Morgan fingerprint density at radius 3 is 2.59 bits per heavy atom. The van der Waals surface area contributed by atoms with Gasteiger partial charge in [-0.2, -0.15) is 0 Å². The standard InChI is InChI=1S/C17H16O4S/c1-20-17(19)12-22-16-9-5-8-15(14(16)10-18)21-11-13-6-3-2-4-7-13/h2-10H,11-12H2,1H3. The summed E-state index contributed by atoms with van der Waals surface area (Å²) in [5.74, 6) is 0.325. The third-order valence-corrected chi connectivity index (χ3v) is 4.00. The van der Waals surface area contributed by atoms with Gasteiger partial charge in [-0.1, -0.05) is 36.4 Å². The molecule has 0 aliphatic heterocycles. The van der Waals surface area contributed by atoms with Gasteiger partial charge in [0.1, 0.15) is 12.4 Å². The van der Waals surface area contributed by atoms with Crippen LogP contribution in [0.5, 0.6) is 5.75 Å². The quantitative estimate of drug-likeness (QED) is 0.445. The van der Waals surface area contributed by atoms with Gasteiger partial charge in [0, 0.05) is 4.90 Å². The van der Waals surface area contributed by atoms with Crippen molar-refractivity contribution in [3.05, 3.63) is 59.7 Å². The average molecular weight is 316 g/mol. The number of hydrogen-bond donors (Lipinski definition) is 0. The van der Waals surface area contributed by atoms with Gasteiger partial charge in [-0.25, -0.2) is 0 Å². The second-order valence-electron chi connectivity index (χ2n) is 4.42. The first-order chi connectivity index (χ1) is 10.7. The number of carbonyl (C=O) groups excluding carboxylic acids is 2. The van der Waals surface area contributed by atoms with Crippen molar-refractivity contribution in [1.29, 1.82) is 0 Å². The van der Waals surface area contributed by atoms with Crippen molar-refractivity contribution in [3.63, 3.8) is 0 Å². The lowest BCUT2D eigenvalue weighted by Crippen LogP contribution is -2.04. The Morgan fingerprint density at radius 2 is 1.91 bits per heavy atom. The summed E-state index contributed by atoms with van der Waals surface area (Å²) >= 11 is 1.25. The SMILES string of the molecule is COC(=O)CSc1cccc(OCc2ccccc2)c1C=O. The van der Waals surface area contributed by atoms with Gasteiger partial charge in [-0.15, -0.1) is 11.8 Å². The Kier molecular flexibility index (Phi) is 6.03. The van der Waals surface area contributed by atoms with E-state index in [0.29, 0.717) is 22.8 Å². The van der Waals surface area contributed by atoms with E-state index in [2.05, 4.69) is 4.74 Å². The highest BCUT2D eigenvalue weighted by atomic mass is 32.2. The van der Waals surface area contributed by atoms with Crippen molar-refractivity contribution in [2.75, 3.05) is 12.9 Å². The summed E-state index contributed by atoms with van der Waals surface area (Å²) in [6.07, 6.45) is 0.750. The minimum Gasteiger partial charge on any atom is -0.488 e. The lowest BCUT2D eigenvalue weighted by molar-refractivity contribution is -0.137. The summed E-state index contributed by atoms with van der Waals surface area (Å²) < 4.78 is 10.3. The number of aldehydes is 1. The second-order valence-corrected chi connectivity index (χ2v) is 5.44. The molecule has 114 valence electrons. The molecule has 2 rings (SSSR count). The van der Waals surface area contributed by atoms with Gasteiger partial charge >= 0.3 is 5.97 Å². The van der Waals surface area contributed by atoms with Crippen LogP contribution in [0, 0.1) is 0 Å². The van der Waals surface area contributed by atoms with E-state index in [9.17, 15) is 9.59 Å². The predicted octanol–water partition coefficient (Wildman–Crippen LogP) is 3.34. The third kappa shape index (κ3) is 4.36. The largest absolute Gasteiger partial charge is 0.488 e. The first-order valence-corrected chi connectivity index (χ1v) is 7.67. The van der Waals surface area contributed by atoms with Gasteiger partial charge in [0.15, 0.2) is 6.29 Å². The van der Waals surface area contributed by atoms with E-state index >= 15 is 0 Å². The first kappa shape index (κ1) is 16.1. The van der Waals surface area contributed by atoms with Gasteiger partial charge < -0.3 is 9.47 Å². The fraction of sp³-hybridized carbons (Fsp3) is 0.176.